The van der Waals surface area contributed by atoms with Crippen LogP contribution in [0.25, 0.3) is 0 Å². The fourth-order valence-electron chi connectivity index (χ4n) is 4.96. The molecule has 0 aromatic heterocycles. The van der Waals surface area contributed by atoms with Gasteiger partial charge in [-0.1, -0.05) is 73.0 Å². The molecule has 0 radical (unpaired) electrons. The van der Waals surface area contributed by atoms with E-state index in [1.807, 2.05) is 37.3 Å². The number of aryl methyl sites for hydroxylation is 1. The average Bonchev–Trinajstić information content (AvgIpc) is 3.45. The van der Waals surface area contributed by atoms with Gasteiger partial charge in [-0.2, -0.15) is 4.31 Å². The number of hydrogen-bond acceptors (Lipinski definition) is 4. The van der Waals surface area contributed by atoms with Crippen LogP contribution in [0.4, 0.5) is 4.39 Å². The highest BCUT2D eigenvalue weighted by Gasteiger charge is 2.34. The number of hydrogen-bond donors (Lipinski definition) is 1. The van der Waals surface area contributed by atoms with Crippen LogP contribution in [0.2, 0.25) is 0 Å². The van der Waals surface area contributed by atoms with Gasteiger partial charge in [0.1, 0.15) is 11.9 Å². The summed E-state index contributed by atoms with van der Waals surface area (Å²) in [6.07, 6.45) is 4.09. The van der Waals surface area contributed by atoms with Crippen LogP contribution in [0.5, 0.6) is 0 Å². The molecule has 1 saturated carbocycles. The van der Waals surface area contributed by atoms with E-state index >= 15 is 0 Å². The second-order valence-electron chi connectivity index (χ2n) is 10.4. The smallest absolute Gasteiger partial charge is 0.243 e. The van der Waals surface area contributed by atoms with E-state index in [4.69, 9.17) is 0 Å². The summed E-state index contributed by atoms with van der Waals surface area (Å²) in [5.74, 6) is -1.22. The van der Waals surface area contributed by atoms with Gasteiger partial charge in [0.15, 0.2) is 0 Å². The van der Waals surface area contributed by atoms with Gasteiger partial charge < -0.3 is 10.2 Å². The lowest BCUT2D eigenvalue weighted by Gasteiger charge is -2.33. The molecule has 40 heavy (non-hydrogen) atoms. The third-order valence-electron chi connectivity index (χ3n) is 7.33. The number of halogens is 1. The highest BCUT2D eigenvalue weighted by Crippen LogP contribution is 2.21. The van der Waals surface area contributed by atoms with Gasteiger partial charge in [-0.25, -0.2) is 12.8 Å². The number of sulfonamides is 1. The Labute approximate surface area is 236 Å². The molecule has 7 nitrogen and oxygen atoms in total. The summed E-state index contributed by atoms with van der Waals surface area (Å²) in [6, 6.07) is 20.7. The molecule has 0 spiro atoms. The molecule has 2 amide bonds. The van der Waals surface area contributed by atoms with Crippen LogP contribution in [0, 0.1) is 12.7 Å². The monoisotopic (exact) mass is 565 g/mol. The standard InChI is InChI=1S/C31H36FN3O4S/c1-23-12-18-28(19-13-23)40(38,39)34(2)22-30(36)35(21-25-14-16-26(32)17-15-25)29(20-24-8-4-3-5-9-24)31(37)33-27-10-6-7-11-27/h3-5,8-9,12-19,27,29H,6-7,10-11,20-22H2,1-2H3,(H,33,37)/t29-/m0/s1. The number of rotatable bonds is 11. The van der Waals surface area contributed by atoms with E-state index in [-0.39, 0.29) is 29.8 Å². The van der Waals surface area contributed by atoms with Gasteiger partial charge in [-0.3, -0.25) is 9.59 Å². The van der Waals surface area contributed by atoms with Gasteiger partial charge in [-0.15, -0.1) is 0 Å². The van der Waals surface area contributed by atoms with Crippen LogP contribution in [-0.2, 0) is 32.6 Å². The Morgan fingerprint density at radius 1 is 0.925 bits per heavy atom. The molecule has 1 N–H and O–H groups in total. The average molecular weight is 566 g/mol. The Morgan fingerprint density at radius 2 is 1.55 bits per heavy atom. The Balaban J connectivity index is 1.65. The van der Waals surface area contributed by atoms with E-state index in [9.17, 15) is 22.4 Å². The predicted octanol–water partition coefficient (Wildman–Crippen LogP) is 4.45. The van der Waals surface area contributed by atoms with Crippen LogP contribution in [0.1, 0.15) is 42.4 Å². The molecular formula is C31H36FN3O4S. The predicted molar refractivity (Wildman–Crippen MR) is 152 cm³/mol. The fourth-order valence-corrected chi connectivity index (χ4v) is 6.08. The number of amides is 2. The third-order valence-corrected chi connectivity index (χ3v) is 9.14. The van der Waals surface area contributed by atoms with E-state index < -0.39 is 34.3 Å². The molecule has 4 rings (SSSR count). The molecule has 0 aliphatic heterocycles. The minimum Gasteiger partial charge on any atom is -0.352 e. The number of carbonyl (C=O) groups is 2. The van der Waals surface area contributed by atoms with Gasteiger partial charge in [0.05, 0.1) is 11.4 Å². The second kappa shape index (κ2) is 13.2. The first kappa shape index (κ1) is 29.4. The highest BCUT2D eigenvalue weighted by molar-refractivity contribution is 7.89. The summed E-state index contributed by atoms with van der Waals surface area (Å²) in [5.41, 5.74) is 2.41. The Kier molecular flexibility index (Phi) is 9.71. The third kappa shape index (κ3) is 7.55. The van der Waals surface area contributed by atoms with Crippen molar-refractivity contribution in [3.63, 3.8) is 0 Å². The van der Waals surface area contributed by atoms with Crippen molar-refractivity contribution in [3.05, 3.63) is 101 Å². The molecule has 3 aromatic rings. The normalized spacial score (nSPS) is 14.7. The SMILES string of the molecule is Cc1ccc(S(=O)(=O)N(C)CC(=O)N(Cc2ccc(F)cc2)[C@@H](Cc2ccccc2)C(=O)NC2CCCC2)cc1. The second-order valence-corrected chi connectivity index (χ2v) is 12.5. The van der Waals surface area contributed by atoms with Crippen molar-refractivity contribution in [2.24, 2.45) is 0 Å². The minimum atomic E-state index is -3.95. The Bertz CT molecular complexity index is 1390. The topological polar surface area (TPSA) is 86.8 Å². The molecule has 0 saturated heterocycles. The number of nitrogens with one attached hydrogen (secondary N) is 1. The Morgan fingerprint density at radius 3 is 2.17 bits per heavy atom. The first-order valence-electron chi connectivity index (χ1n) is 13.5. The number of carbonyl (C=O) groups excluding carboxylic acids is 2. The lowest BCUT2D eigenvalue weighted by atomic mass is 10.0. The zero-order valence-electron chi connectivity index (χ0n) is 22.9. The maximum absolute atomic E-state index is 13.9. The van der Waals surface area contributed by atoms with Gasteiger partial charge >= 0.3 is 0 Å². The van der Waals surface area contributed by atoms with Crippen LogP contribution in [0.3, 0.4) is 0 Å². The maximum atomic E-state index is 13.9. The molecule has 3 aromatic carbocycles. The quantitative estimate of drug-likeness (QED) is 0.372. The zero-order valence-corrected chi connectivity index (χ0v) is 23.7. The van der Waals surface area contributed by atoms with Gasteiger partial charge in [0.2, 0.25) is 21.8 Å². The molecule has 1 aliphatic carbocycles. The summed E-state index contributed by atoms with van der Waals surface area (Å²) < 4.78 is 41.2. The van der Waals surface area contributed by atoms with Crippen molar-refractivity contribution in [2.75, 3.05) is 13.6 Å². The summed E-state index contributed by atoms with van der Waals surface area (Å²) in [4.78, 5) is 29.1. The largest absolute Gasteiger partial charge is 0.352 e. The first-order chi connectivity index (χ1) is 19.1. The van der Waals surface area contributed by atoms with Crippen molar-refractivity contribution in [3.8, 4) is 0 Å². The van der Waals surface area contributed by atoms with Gasteiger partial charge in [-0.05, 0) is 55.2 Å². The van der Waals surface area contributed by atoms with Crippen molar-refractivity contribution in [1.82, 2.24) is 14.5 Å². The van der Waals surface area contributed by atoms with Crippen molar-refractivity contribution in [2.45, 2.75) is 62.6 Å². The van der Waals surface area contributed by atoms with Crippen molar-refractivity contribution < 1.29 is 22.4 Å². The molecule has 1 fully saturated rings. The summed E-state index contributed by atoms with van der Waals surface area (Å²) >= 11 is 0. The van der Waals surface area contributed by atoms with Crippen molar-refractivity contribution in [1.29, 1.82) is 0 Å². The lowest BCUT2D eigenvalue weighted by molar-refractivity contribution is -0.141. The van der Waals surface area contributed by atoms with Crippen LogP contribution in [-0.4, -0.2) is 55.1 Å². The van der Waals surface area contributed by atoms with E-state index in [0.29, 0.717) is 5.56 Å². The minimum absolute atomic E-state index is 0.0210. The molecule has 0 heterocycles. The van der Waals surface area contributed by atoms with E-state index in [2.05, 4.69) is 5.32 Å². The fraction of sp³-hybridized carbons (Fsp3) is 0.355. The van der Waals surface area contributed by atoms with Gasteiger partial charge in [0, 0.05) is 26.1 Å². The van der Waals surface area contributed by atoms with Crippen LogP contribution in [0.15, 0.2) is 83.8 Å². The maximum Gasteiger partial charge on any atom is 0.243 e. The molecule has 0 bridgehead atoms. The summed E-state index contributed by atoms with van der Waals surface area (Å²) in [7, 11) is -2.60. The van der Waals surface area contributed by atoms with E-state index in [1.165, 1.54) is 36.2 Å². The zero-order chi connectivity index (χ0) is 28.7. The van der Waals surface area contributed by atoms with Crippen LogP contribution >= 0.6 is 0 Å². The summed E-state index contributed by atoms with van der Waals surface area (Å²) in [6.45, 7) is 1.42. The number of likely N-dealkylation sites (N-methyl/N-ethyl adjacent to an activating group) is 1. The van der Waals surface area contributed by atoms with E-state index in [0.717, 1.165) is 41.1 Å². The first-order valence-corrected chi connectivity index (χ1v) is 15.0. The van der Waals surface area contributed by atoms with Gasteiger partial charge in [0.25, 0.3) is 0 Å². The van der Waals surface area contributed by atoms with Crippen molar-refractivity contribution >= 4 is 21.8 Å². The number of nitrogens with zero attached hydrogens (tertiary/aromatic N) is 2. The highest BCUT2D eigenvalue weighted by atomic mass is 32.2. The lowest BCUT2D eigenvalue weighted by Crippen LogP contribution is -2.54. The molecular weight excluding hydrogens is 529 g/mol. The Hall–Kier alpha value is -3.56. The molecule has 9 heteroatoms. The molecule has 1 atom stereocenters. The molecule has 212 valence electrons. The molecule has 0 unspecified atom stereocenters. The van der Waals surface area contributed by atoms with E-state index in [1.54, 1.807) is 24.3 Å². The van der Waals surface area contributed by atoms with Crippen LogP contribution < -0.4 is 5.32 Å². The molecule has 1 aliphatic rings. The summed E-state index contributed by atoms with van der Waals surface area (Å²) in [5, 5.41) is 3.12. The number of benzene rings is 3.